The summed E-state index contributed by atoms with van der Waals surface area (Å²) in [5, 5.41) is 8.74. The van der Waals surface area contributed by atoms with Gasteiger partial charge < -0.3 is 16.6 Å². The zero-order chi connectivity index (χ0) is 10.3. The molecule has 0 heterocycles. The van der Waals surface area contributed by atoms with Crippen LogP contribution in [-0.2, 0) is 4.79 Å². The van der Waals surface area contributed by atoms with Crippen LogP contribution in [0.2, 0.25) is 0 Å². The van der Waals surface area contributed by atoms with Gasteiger partial charge in [0.15, 0.2) is 0 Å². The summed E-state index contributed by atoms with van der Waals surface area (Å²) < 4.78 is 0. The van der Waals surface area contributed by atoms with E-state index in [0.29, 0.717) is 31.6 Å². The Labute approximate surface area is 77.8 Å². The van der Waals surface area contributed by atoms with E-state index in [0.717, 1.165) is 0 Å². The fraction of sp³-hybridized carbons (Fsp3) is 0.750. The molecule has 13 heavy (non-hydrogen) atoms. The van der Waals surface area contributed by atoms with Crippen molar-refractivity contribution in [2.75, 3.05) is 6.54 Å². The smallest absolute Gasteiger partial charge is 0.328 e. The van der Waals surface area contributed by atoms with Crippen LogP contribution in [0.25, 0.3) is 0 Å². The molecule has 0 bridgehead atoms. The number of amidine groups is 1. The van der Waals surface area contributed by atoms with Crippen LogP contribution < -0.4 is 11.5 Å². The summed E-state index contributed by atoms with van der Waals surface area (Å²) in [5.74, 6) is -0.561. The molecular formula is C8H17N3O2. The standard InChI is InChI=1S/C8H17N3O2/c1-2-7(10)11-6(8(12)13)4-3-5-9/h6H,2-5,9H2,1H3,(H2,10,11)(H,12,13)/t6-/m0/s1. The first-order valence-corrected chi connectivity index (χ1v) is 4.36. The highest BCUT2D eigenvalue weighted by Crippen LogP contribution is 2.02. The Hall–Kier alpha value is -1.10. The minimum Gasteiger partial charge on any atom is -0.480 e. The van der Waals surface area contributed by atoms with Crippen molar-refractivity contribution in [2.45, 2.75) is 32.2 Å². The molecule has 5 heteroatoms. The number of carboxylic acids is 1. The molecule has 0 aliphatic heterocycles. The van der Waals surface area contributed by atoms with Crippen LogP contribution in [0.15, 0.2) is 4.99 Å². The summed E-state index contributed by atoms with van der Waals surface area (Å²) in [4.78, 5) is 14.5. The summed E-state index contributed by atoms with van der Waals surface area (Å²) in [7, 11) is 0. The van der Waals surface area contributed by atoms with Crippen LogP contribution in [0.1, 0.15) is 26.2 Å². The SMILES string of the molecule is CCC(N)=N[C@@H](CCCN)C(=O)O. The number of nitrogens with zero attached hydrogens (tertiary/aromatic N) is 1. The van der Waals surface area contributed by atoms with Gasteiger partial charge in [-0.15, -0.1) is 0 Å². The molecule has 0 saturated carbocycles. The van der Waals surface area contributed by atoms with Crippen LogP contribution in [0.5, 0.6) is 0 Å². The van der Waals surface area contributed by atoms with Gasteiger partial charge in [0.2, 0.25) is 0 Å². The normalized spacial score (nSPS) is 14.2. The van der Waals surface area contributed by atoms with Crippen molar-refractivity contribution < 1.29 is 9.90 Å². The van der Waals surface area contributed by atoms with Crippen molar-refractivity contribution in [3.63, 3.8) is 0 Å². The summed E-state index contributed by atoms with van der Waals surface area (Å²) in [5.41, 5.74) is 10.7. The topological polar surface area (TPSA) is 102 Å². The number of aliphatic carboxylic acids is 1. The summed E-state index contributed by atoms with van der Waals surface area (Å²) in [6.07, 6.45) is 1.68. The lowest BCUT2D eigenvalue weighted by molar-refractivity contribution is -0.138. The number of nitrogens with two attached hydrogens (primary N) is 2. The van der Waals surface area contributed by atoms with E-state index in [9.17, 15) is 4.79 Å². The van der Waals surface area contributed by atoms with E-state index in [1.165, 1.54) is 0 Å². The Morgan fingerprint density at radius 3 is 2.62 bits per heavy atom. The highest BCUT2D eigenvalue weighted by molar-refractivity contribution is 5.84. The Morgan fingerprint density at radius 1 is 1.62 bits per heavy atom. The van der Waals surface area contributed by atoms with Crippen LogP contribution in [0.4, 0.5) is 0 Å². The molecule has 0 aliphatic rings. The Balaban J connectivity index is 4.17. The van der Waals surface area contributed by atoms with Crippen LogP contribution in [0, 0.1) is 0 Å². The quantitative estimate of drug-likeness (QED) is 0.400. The van der Waals surface area contributed by atoms with Gasteiger partial charge in [-0.25, -0.2) is 4.79 Å². The molecule has 0 aromatic carbocycles. The van der Waals surface area contributed by atoms with E-state index in [1.807, 2.05) is 6.92 Å². The number of hydrogen-bond donors (Lipinski definition) is 3. The van der Waals surface area contributed by atoms with E-state index in [-0.39, 0.29) is 0 Å². The minimum atomic E-state index is -0.940. The zero-order valence-electron chi connectivity index (χ0n) is 7.86. The van der Waals surface area contributed by atoms with Gasteiger partial charge in [0, 0.05) is 6.42 Å². The van der Waals surface area contributed by atoms with Gasteiger partial charge in [0.25, 0.3) is 0 Å². The molecule has 0 aliphatic carbocycles. The highest BCUT2D eigenvalue weighted by atomic mass is 16.4. The lowest BCUT2D eigenvalue weighted by Crippen LogP contribution is -2.23. The van der Waals surface area contributed by atoms with Gasteiger partial charge in [-0.2, -0.15) is 0 Å². The molecule has 5 nitrogen and oxygen atoms in total. The summed E-state index contributed by atoms with van der Waals surface area (Å²) in [6.45, 7) is 2.31. The summed E-state index contributed by atoms with van der Waals surface area (Å²) >= 11 is 0. The maximum Gasteiger partial charge on any atom is 0.328 e. The minimum absolute atomic E-state index is 0.379. The monoisotopic (exact) mass is 187 g/mol. The molecule has 0 spiro atoms. The second-order valence-corrected chi connectivity index (χ2v) is 2.76. The lowest BCUT2D eigenvalue weighted by Gasteiger charge is -2.07. The highest BCUT2D eigenvalue weighted by Gasteiger charge is 2.15. The molecule has 0 unspecified atom stereocenters. The van der Waals surface area contributed by atoms with Gasteiger partial charge in [-0.1, -0.05) is 6.92 Å². The zero-order valence-corrected chi connectivity index (χ0v) is 7.86. The molecule has 76 valence electrons. The Morgan fingerprint density at radius 2 is 2.23 bits per heavy atom. The first-order chi connectivity index (χ1) is 6.11. The molecule has 0 amide bonds. The molecule has 0 aromatic rings. The van der Waals surface area contributed by atoms with Gasteiger partial charge in [0.05, 0.1) is 5.84 Å². The van der Waals surface area contributed by atoms with E-state index in [4.69, 9.17) is 16.6 Å². The van der Waals surface area contributed by atoms with E-state index in [2.05, 4.69) is 4.99 Å². The third-order valence-electron chi connectivity index (χ3n) is 1.65. The van der Waals surface area contributed by atoms with Gasteiger partial charge in [-0.3, -0.25) is 4.99 Å². The van der Waals surface area contributed by atoms with Crippen LogP contribution >= 0.6 is 0 Å². The molecule has 0 saturated heterocycles. The average molecular weight is 187 g/mol. The van der Waals surface area contributed by atoms with Gasteiger partial charge >= 0.3 is 5.97 Å². The van der Waals surface area contributed by atoms with Crippen molar-refractivity contribution in [1.29, 1.82) is 0 Å². The molecule has 0 rings (SSSR count). The first-order valence-electron chi connectivity index (χ1n) is 4.36. The number of carbonyl (C=O) groups is 1. The molecule has 0 radical (unpaired) electrons. The predicted octanol–water partition coefficient (Wildman–Crippen LogP) is -0.0543. The maximum absolute atomic E-state index is 10.7. The fourth-order valence-corrected chi connectivity index (χ4v) is 0.846. The Kier molecular flexibility index (Phi) is 5.88. The number of carboxylic acid groups (broad SMARTS) is 1. The molecule has 0 fully saturated rings. The lowest BCUT2D eigenvalue weighted by atomic mass is 10.1. The third-order valence-corrected chi connectivity index (χ3v) is 1.65. The van der Waals surface area contributed by atoms with E-state index < -0.39 is 12.0 Å². The second-order valence-electron chi connectivity index (χ2n) is 2.76. The molecule has 1 atom stereocenters. The van der Waals surface area contributed by atoms with E-state index >= 15 is 0 Å². The molecular weight excluding hydrogens is 170 g/mol. The third kappa shape index (κ3) is 5.19. The molecule has 0 aromatic heterocycles. The van der Waals surface area contributed by atoms with Crippen molar-refractivity contribution in [1.82, 2.24) is 0 Å². The fourth-order valence-electron chi connectivity index (χ4n) is 0.846. The van der Waals surface area contributed by atoms with Crippen molar-refractivity contribution in [2.24, 2.45) is 16.5 Å². The van der Waals surface area contributed by atoms with Crippen molar-refractivity contribution in [3.05, 3.63) is 0 Å². The van der Waals surface area contributed by atoms with Crippen LogP contribution in [-0.4, -0.2) is 29.5 Å². The predicted molar refractivity (Wildman–Crippen MR) is 51.6 cm³/mol. The number of rotatable bonds is 6. The Bertz CT molecular complexity index is 192. The summed E-state index contributed by atoms with van der Waals surface area (Å²) in [6, 6.07) is -0.733. The molecule has 5 N–H and O–H groups in total. The van der Waals surface area contributed by atoms with Crippen molar-refractivity contribution >= 4 is 11.8 Å². The van der Waals surface area contributed by atoms with Gasteiger partial charge in [-0.05, 0) is 19.4 Å². The number of hydrogen-bond acceptors (Lipinski definition) is 3. The number of aliphatic imine (C=N–C) groups is 1. The van der Waals surface area contributed by atoms with Crippen LogP contribution in [0.3, 0.4) is 0 Å². The van der Waals surface area contributed by atoms with Crippen molar-refractivity contribution in [3.8, 4) is 0 Å². The van der Waals surface area contributed by atoms with Gasteiger partial charge in [0.1, 0.15) is 6.04 Å². The maximum atomic E-state index is 10.7. The average Bonchev–Trinajstić information content (AvgIpc) is 2.11. The first kappa shape index (κ1) is 11.9. The largest absolute Gasteiger partial charge is 0.480 e. The second kappa shape index (κ2) is 6.42. The van der Waals surface area contributed by atoms with E-state index in [1.54, 1.807) is 0 Å².